The summed E-state index contributed by atoms with van der Waals surface area (Å²) in [6.07, 6.45) is 0. The molecule has 1 atom stereocenters. The van der Waals surface area contributed by atoms with E-state index in [0.29, 0.717) is 5.75 Å². The van der Waals surface area contributed by atoms with Crippen LogP contribution in [0.5, 0.6) is 5.75 Å². The van der Waals surface area contributed by atoms with E-state index in [-0.39, 0.29) is 0 Å². The number of methoxy groups -OCH3 is 1. The van der Waals surface area contributed by atoms with Crippen LogP contribution in [-0.4, -0.2) is 18.2 Å². The van der Waals surface area contributed by atoms with Crippen molar-refractivity contribution in [1.82, 2.24) is 0 Å². The van der Waals surface area contributed by atoms with Gasteiger partial charge in [-0.3, -0.25) is 4.79 Å². The van der Waals surface area contributed by atoms with E-state index in [1.807, 2.05) is 54.6 Å². The number of ether oxygens (including phenoxy) is 1. The van der Waals surface area contributed by atoms with Gasteiger partial charge in [0.1, 0.15) is 11.0 Å². The number of rotatable bonds is 6. The Labute approximate surface area is 122 Å². The number of hydrogen-bond acceptors (Lipinski definition) is 3. The van der Waals surface area contributed by atoms with Gasteiger partial charge >= 0.3 is 5.97 Å². The highest BCUT2D eigenvalue weighted by atomic mass is 32.2. The van der Waals surface area contributed by atoms with Gasteiger partial charge in [-0.2, -0.15) is 0 Å². The van der Waals surface area contributed by atoms with E-state index in [2.05, 4.69) is 0 Å². The van der Waals surface area contributed by atoms with Crippen LogP contribution in [0.25, 0.3) is 0 Å². The molecule has 20 heavy (non-hydrogen) atoms. The Morgan fingerprint density at radius 3 is 2.60 bits per heavy atom. The molecule has 0 aliphatic carbocycles. The molecule has 3 nitrogen and oxygen atoms in total. The first-order valence-corrected chi connectivity index (χ1v) is 7.28. The van der Waals surface area contributed by atoms with Gasteiger partial charge in [0.15, 0.2) is 0 Å². The molecule has 2 aromatic carbocycles. The highest BCUT2D eigenvalue weighted by molar-refractivity contribution is 7.99. The van der Waals surface area contributed by atoms with Crippen LogP contribution >= 0.6 is 11.8 Å². The number of aliphatic carboxylic acids is 1. The van der Waals surface area contributed by atoms with Crippen molar-refractivity contribution in [2.45, 2.75) is 11.0 Å². The van der Waals surface area contributed by atoms with E-state index in [0.717, 1.165) is 16.9 Å². The fraction of sp³-hybridized carbons (Fsp3) is 0.188. The van der Waals surface area contributed by atoms with Crippen LogP contribution in [0.4, 0.5) is 0 Å². The minimum atomic E-state index is -0.816. The number of benzene rings is 2. The molecule has 0 saturated heterocycles. The summed E-state index contributed by atoms with van der Waals surface area (Å²) < 4.78 is 5.17. The minimum Gasteiger partial charge on any atom is -0.497 e. The normalized spacial score (nSPS) is 11.8. The minimum absolute atomic E-state index is 0.553. The van der Waals surface area contributed by atoms with Crippen LogP contribution in [0.1, 0.15) is 16.4 Å². The van der Waals surface area contributed by atoms with E-state index in [4.69, 9.17) is 4.74 Å². The second kappa shape index (κ2) is 7.01. The molecule has 0 amide bonds. The molecule has 0 unspecified atom stereocenters. The molecule has 0 aromatic heterocycles. The predicted molar refractivity (Wildman–Crippen MR) is 81.1 cm³/mol. The highest BCUT2D eigenvalue weighted by Crippen LogP contribution is 2.32. The Hall–Kier alpha value is -1.94. The van der Waals surface area contributed by atoms with Crippen molar-refractivity contribution in [2.75, 3.05) is 7.11 Å². The first kappa shape index (κ1) is 14.5. The fourth-order valence-electron chi connectivity index (χ4n) is 1.88. The lowest BCUT2D eigenvalue weighted by Gasteiger charge is -2.12. The number of carboxylic acids is 1. The Morgan fingerprint density at radius 1 is 1.20 bits per heavy atom. The molecule has 0 fully saturated rings. The van der Waals surface area contributed by atoms with E-state index in [9.17, 15) is 9.90 Å². The zero-order chi connectivity index (χ0) is 14.4. The van der Waals surface area contributed by atoms with Crippen molar-refractivity contribution >= 4 is 17.7 Å². The summed E-state index contributed by atoms with van der Waals surface area (Å²) in [7, 11) is 1.62. The monoisotopic (exact) mass is 288 g/mol. The maximum Gasteiger partial charge on any atom is 0.321 e. The molecular weight excluding hydrogens is 272 g/mol. The lowest BCUT2D eigenvalue weighted by Crippen LogP contribution is -2.08. The van der Waals surface area contributed by atoms with Crippen LogP contribution in [0.3, 0.4) is 0 Å². The average molecular weight is 288 g/mol. The van der Waals surface area contributed by atoms with Gasteiger partial charge in [-0.1, -0.05) is 42.5 Å². The van der Waals surface area contributed by atoms with Gasteiger partial charge in [-0.25, -0.2) is 0 Å². The maximum absolute atomic E-state index is 11.4. The summed E-state index contributed by atoms with van der Waals surface area (Å²) in [5.41, 5.74) is 1.87. The van der Waals surface area contributed by atoms with Crippen molar-refractivity contribution in [3.05, 3.63) is 65.7 Å². The van der Waals surface area contributed by atoms with Crippen molar-refractivity contribution in [1.29, 1.82) is 0 Å². The summed E-state index contributed by atoms with van der Waals surface area (Å²) >= 11 is 1.40. The Kier molecular flexibility index (Phi) is 5.07. The Morgan fingerprint density at radius 2 is 1.95 bits per heavy atom. The molecule has 0 heterocycles. The summed E-state index contributed by atoms with van der Waals surface area (Å²) in [6, 6.07) is 17.0. The second-order valence-electron chi connectivity index (χ2n) is 4.29. The van der Waals surface area contributed by atoms with Crippen LogP contribution in [0.2, 0.25) is 0 Å². The second-order valence-corrected chi connectivity index (χ2v) is 5.38. The zero-order valence-corrected chi connectivity index (χ0v) is 12.0. The molecule has 104 valence electrons. The lowest BCUT2D eigenvalue weighted by atomic mass is 10.1. The summed E-state index contributed by atoms with van der Waals surface area (Å²) in [6.45, 7) is 0. The van der Waals surface area contributed by atoms with Crippen molar-refractivity contribution in [3.8, 4) is 5.75 Å². The van der Waals surface area contributed by atoms with E-state index in [1.165, 1.54) is 11.8 Å². The summed E-state index contributed by atoms with van der Waals surface area (Å²) in [5.74, 6) is 0.599. The van der Waals surface area contributed by atoms with Crippen LogP contribution in [0, 0.1) is 0 Å². The fourth-order valence-corrected chi connectivity index (χ4v) is 2.91. The van der Waals surface area contributed by atoms with Gasteiger partial charge < -0.3 is 9.84 Å². The predicted octanol–water partition coefficient (Wildman–Crippen LogP) is 3.75. The lowest BCUT2D eigenvalue weighted by molar-refractivity contribution is -0.136. The van der Waals surface area contributed by atoms with Gasteiger partial charge in [0, 0.05) is 5.75 Å². The van der Waals surface area contributed by atoms with Crippen molar-refractivity contribution in [3.63, 3.8) is 0 Å². The first-order chi connectivity index (χ1) is 9.70. The molecule has 0 saturated carbocycles. The summed E-state index contributed by atoms with van der Waals surface area (Å²) in [5, 5.41) is 8.81. The largest absolute Gasteiger partial charge is 0.497 e. The van der Waals surface area contributed by atoms with E-state index in [1.54, 1.807) is 7.11 Å². The third-order valence-corrected chi connectivity index (χ3v) is 4.18. The molecule has 0 bridgehead atoms. The quantitative estimate of drug-likeness (QED) is 0.879. The molecular formula is C16H16O3S. The molecule has 4 heteroatoms. The third kappa shape index (κ3) is 3.78. The molecule has 0 spiro atoms. The number of carboxylic acid groups (broad SMARTS) is 1. The molecule has 2 rings (SSSR count). The molecule has 2 aromatic rings. The maximum atomic E-state index is 11.4. The first-order valence-electron chi connectivity index (χ1n) is 6.23. The van der Waals surface area contributed by atoms with Gasteiger partial charge in [0.05, 0.1) is 7.11 Å². The topological polar surface area (TPSA) is 46.5 Å². The number of carbonyl (C=O) groups is 1. The van der Waals surface area contributed by atoms with Crippen LogP contribution in [-0.2, 0) is 10.5 Å². The SMILES string of the molecule is COc1cccc(CS[C@H](C(=O)O)c2ccccc2)c1. The van der Waals surface area contributed by atoms with Crippen LogP contribution < -0.4 is 4.74 Å². The number of hydrogen-bond donors (Lipinski definition) is 1. The van der Waals surface area contributed by atoms with E-state index < -0.39 is 11.2 Å². The van der Waals surface area contributed by atoms with Gasteiger partial charge in [-0.05, 0) is 23.3 Å². The molecule has 1 N–H and O–H groups in total. The number of thioether (sulfide) groups is 1. The van der Waals surface area contributed by atoms with Gasteiger partial charge in [0.2, 0.25) is 0 Å². The van der Waals surface area contributed by atoms with Gasteiger partial charge in [-0.15, -0.1) is 11.8 Å². The third-order valence-electron chi connectivity index (χ3n) is 2.88. The van der Waals surface area contributed by atoms with Crippen LogP contribution in [0.15, 0.2) is 54.6 Å². The zero-order valence-electron chi connectivity index (χ0n) is 11.2. The smallest absolute Gasteiger partial charge is 0.321 e. The molecule has 0 radical (unpaired) electrons. The standard InChI is InChI=1S/C16H16O3S/c1-19-14-9-5-6-12(10-14)11-20-15(16(17)18)13-7-3-2-4-8-13/h2-10,15H,11H2,1H3,(H,17,18)/t15-/m0/s1. The van der Waals surface area contributed by atoms with Crippen molar-refractivity contribution in [2.24, 2.45) is 0 Å². The molecule has 0 aliphatic rings. The van der Waals surface area contributed by atoms with Crippen molar-refractivity contribution < 1.29 is 14.6 Å². The van der Waals surface area contributed by atoms with Gasteiger partial charge in [0.25, 0.3) is 0 Å². The highest BCUT2D eigenvalue weighted by Gasteiger charge is 2.19. The Bertz CT molecular complexity index is 569. The summed E-state index contributed by atoms with van der Waals surface area (Å²) in [4.78, 5) is 11.4. The van der Waals surface area contributed by atoms with E-state index >= 15 is 0 Å². The average Bonchev–Trinajstić information content (AvgIpc) is 2.48. The molecule has 0 aliphatic heterocycles. The Balaban J connectivity index is 2.08.